The number of carbonyl (C=O) groups is 1. The van der Waals surface area contributed by atoms with E-state index in [9.17, 15) is 4.79 Å². The Kier molecular flexibility index (Phi) is 2.25. The van der Waals surface area contributed by atoms with Gasteiger partial charge >= 0.3 is 0 Å². The zero-order chi connectivity index (χ0) is 11.8. The van der Waals surface area contributed by atoms with E-state index in [-0.39, 0.29) is 17.9 Å². The molecule has 0 bridgehead atoms. The van der Waals surface area contributed by atoms with E-state index < -0.39 is 0 Å². The van der Waals surface area contributed by atoms with E-state index in [1.807, 2.05) is 49.5 Å². The minimum atomic E-state index is -0.104. The predicted octanol–water partition coefficient (Wildman–Crippen LogP) is 2.58. The molecule has 17 heavy (non-hydrogen) atoms. The lowest BCUT2D eigenvalue weighted by Crippen LogP contribution is -2.50. The maximum atomic E-state index is 12.0. The normalized spacial score (nSPS) is 23.6. The lowest BCUT2D eigenvalue weighted by atomic mass is 9.81. The molecular formula is C14H13NO2. The van der Waals surface area contributed by atoms with Crippen molar-refractivity contribution in [2.45, 2.75) is 12.0 Å². The molecule has 1 aliphatic heterocycles. The molecule has 0 saturated carbocycles. The maximum Gasteiger partial charge on any atom is 0.233 e. The summed E-state index contributed by atoms with van der Waals surface area (Å²) in [6.45, 7) is 0. The molecule has 2 atom stereocenters. The minimum Gasteiger partial charge on any atom is -0.467 e. The highest BCUT2D eigenvalue weighted by molar-refractivity contribution is 5.91. The summed E-state index contributed by atoms with van der Waals surface area (Å²) in [6.07, 6.45) is 1.65. The summed E-state index contributed by atoms with van der Waals surface area (Å²) in [6, 6.07) is 13.7. The van der Waals surface area contributed by atoms with Gasteiger partial charge in [-0.15, -0.1) is 0 Å². The van der Waals surface area contributed by atoms with E-state index in [0.717, 1.165) is 11.3 Å². The van der Waals surface area contributed by atoms with Crippen LogP contribution in [0.5, 0.6) is 0 Å². The fourth-order valence-corrected chi connectivity index (χ4v) is 2.43. The first-order valence-corrected chi connectivity index (χ1v) is 5.64. The number of hydrogen-bond acceptors (Lipinski definition) is 2. The molecule has 1 amide bonds. The molecule has 1 fully saturated rings. The molecule has 3 rings (SSSR count). The molecule has 1 aromatic carbocycles. The molecule has 0 spiro atoms. The number of carbonyl (C=O) groups excluding carboxylic acids is 1. The van der Waals surface area contributed by atoms with Crippen LogP contribution in [0.3, 0.4) is 0 Å². The highest BCUT2D eigenvalue weighted by atomic mass is 16.3. The van der Waals surface area contributed by atoms with Crippen LogP contribution in [0.2, 0.25) is 0 Å². The monoisotopic (exact) mass is 227 g/mol. The fraction of sp³-hybridized carbons (Fsp3) is 0.214. The first-order valence-electron chi connectivity index (χ1n) is 5.64. The molecule has 1 aliphatic rings. The molecule has 2 unspecified atom stereocenters. The zero-order valence-corrected chi connectivity index (χ0v) is 9.54. The van der Waals surface area contributed by atoms with Crippen LogP contribution >= 0.6 is 0 Å². The summed E-state index contributed by atoms with van der Waals surface area (Å²) < 4.78 is 5.41. The van der Waals surface area contributed by atoms with Crippen molar-refractivity contribution in [2.24, 2.45) is 0 Å². The molecular weight excluding hydrogens is 214 g/mol. The highest BCUT2D eigenvalue weighted by Crippen LogP contribution is 2.45. The van der Waals surface area contributed by atoms with Gasteiger partial charge in [-0.1, -0.05) is 30.3 Å². The van der Waals surface area contributed by atoms with Crippen molar-refractivity contribution in [1.82, 2.24) is 4.90 Å². The summed E-state index contributed by atoms with van der Waals surface area (Å²) in [5.41, 5.74) is 1.05. The number of nitrogens with zero attached hydrogens (tertiary/aromatic N) is 1. The van der Waals surface area contributed by atoms with E-state index in [1.54, 1.807) is 11.2 Å². The van der Waals surface area contributed by atoms with Gasteiger partial charge in [0.2, 0.25) is 5.91 Å². The molecule has 2 heterocycles. The van der Waals surface area contributed by atoms with E-state index in [0.29, 0.717) is 0 Å². The summed E-state index contributed by atoms with van der Waals surface area (Å²) in [5, 5.41) is 0. The number of β-lactam (4-membered cyclic amide) rings is 1. The van der Waals surface area contributed by atoms with Gasteiger partial charge in [-0.3, -0.25) is 4.79 Å². The van der Waals surface area contributed by atoms with Crippen LogP contribution in [0.1, 0.15) is 23.3 Å². The highest BCUT2D eigenvalue weighted by Gasteiger charge is 2.48. The number of likely N-dealkylation sites (N-methyl/N-ethyl adjacent to an activating group) is 1. The largest absolute Gasteiger partial charge is 0.467 e. The Labute approximate surface area is 99.7 Å². The number of hydrogen-bond donors (Lipinski definition) is 0. The smallest absolute Gasteiger partial charge is 0.233 e. The topological polar surface area (TPSA) is 33.5 Å². The van der Waals surface area contributed by atoms with Gasteiger partial charge in [-0.05, 0) is 17.7 Å². The van der Waals surface area contributed by atoms with E-state index >= 15 is 0 Å². The summed E-state index contributed by atoms with van der Waals surface area (Å²) >= 11 is 0. The van der Waals surface area contributed by atoms with Gasteiger partial charge in [0, 0.05) is 7.05 Å². The average molecular weight is 227 g/mol. The lowest BCUT2D eigenvalue weighted by molar-refractivity contribution is -0.148. The number of amides is 1. The molecule has 0 aliphatic carbocycles. The maximum absolute atomic E-state index is 12.0. The third-order valence-electron chi connectivity index (χ3n) is 3.34. The summed E-state index contributed by atoms with van der Waals surface area (Å²) in [4.78, 5) is 13.7. The van der Waals surface area contributed by atoms with Crippen molar-refractivity contribution in [2.75, 3.05) is 7.05 Å². The van der Waals surface area contributed by atoms with Crippen molar-refractivity contribution >= 4 is 5.91 Å². The number of likely N-dealkylation sites (tertiary alicyclic amines) is 1. The van der Waals surface area contributed by atoms with Crippen molar-refractivity contribution in [1.29, 1.82) is 0 Å². The van der Waals surface area contributed by atoms with Gasteiger partial charge < -0.3 is 9.32 Å². The van der Waals surface area contributed by atoms with E-state index in [2.05, 4.69) is 0 Å². The fourth-order valence-electron chi connectivity index (χ4n) is 2.43. The Hall–Kier alpha value is -2.03. The molecule has 86 valence electrons. The first kappa shape index (κ1) is 10.1. The Bertz CT molecular complexity index is 518. The minimum absolute atomic E-state index is 0.0277. The van der Waals surface area contributed by atoms with Gasteiger partial charge in [-0.25, -0.2) is 0 Å². The molecule has 0 radical (unpaired) electrons. The third-order valence-corrected chi connectivity index (χ3v) is 3.34. The van der Waals surface area contributed by atoms with Gasteiger partial charge in [-0.2, -0.15) is 0 Å². The number of rotatable bonds is 2. The SMILES string of the molecule is CN1C(=O)C(c2ccccc2)C1c1ccco1. The number of furan rings is 1. The van der Waals surface area contributed by atoms with E-state index in [4.69, 9.17) is 4.42 Å². The van der Waals surface area contributed by atoms with Gasteiger partial charge in [0.15, 0.2) is 0 Å². The summed E-state index contributed by atoms with van der Waals surface area (Å²) in [5.74, 6) is 0.894. The van der Waals surface area contributed by atoms with Crippen LogP contribution in [-0.2, 0) is 4.79 Å². The van der Waals surface area contributed by atoms with Gasteiger partial charge in [0.05, 0.1) is 12.2 Å². The van der Waals surface area contributed by atoms with Crippen molar-refractivity contribution in [3.63, 3.8) is 0 Å². The van der Waals surface area contributed by atoms with E-state index in [1.165, 1.54) is 0 Å². The second kappa shape index (κ2) is 3.77. The van der Waals surface area contributed by atoms with Gasteiger partial charge in [0.1, 0.15) is 11.8 Å². The van der Waals surface area contributed by atoms with Crippen LogP contribution < -0.4 is 0 Å². The lowest BCUT2D eigenvalue weighted by Gasteiger charge is -2.44. The predicted molar refractivity (Wildman–Crippen MR) is 63.4 cm³/mol. The molecule has 2 aromatic rings. The van der Waals surface area contributed by atoms with Crippen LogP contribution in [0.25, 0.3) is 0 Å². The third kappa shape index (κ3) is 1.46. The Morgan fingerprint density at radius 3 is 2.53 bits per heavy atom. The molecule has 0 N–H and O–H groups in total. The molecule has 3 nitrogen and oxygen atoms in total. The van der Waals surface area contributed by atoms with Crippen LogP contribution in [0.4, 0.5) is 0 Å². The van der Waals surface area contributed by atoms with Crippen LogP contribution in [0.15, 0.2) is 53.1 Å². The quantitative estimate of drug-likeness (QED) is 0.739. The second-order valence-electron chi connectivity index (χ2n) is 4.30. The Morgan fingerprint density at radius 1 is 1.12 bits per heavy atom. The van der Waals surface area contributed by atoms with Crippen LogP contribution in [0, 0.1) is 0 Å². The standard InChI is InChI=1S/C14H13NO2/c1-15-13(11-8-5-9-17-11)12(14(15)16)10-6-3-2-4-7-10/h2-9,12-13H,1H3. The second-order valence-corrected chi connectivity index (χ2v) is 4.30. The van der Waals surface area contributed by atoms with Crippen molar-refractivity contribution in [3.8, 4) is 0 Å². The van der Waals surface area contributed by atoms with Crippen molar-refractivity contribution in [3.05, 3.63) is 60.1 Å². The molecule has 1 aromatic heterocycles. The first-order chi connectivity index (χ1) is 8.29. The zero-order valence-electron chi connectivity index (χ0n) is 9.54. The van der Waals surface area contributed by atoms with Gasteiger partial charge in [0.25, 0.3) is 0 Å². The average Bonchev–Trinajstić information content (AvgIpc) is 2.88. The van der Waals surface area contributed by atoms with Crippen molar-refractivity contribution < 1.29 is 9.21 Å². The summed E-state index contributed by atoms with van der Waals surface area (Å²) in [7, 11) is 1.81. The Morgan fingerprint density at radius 2 is 1.88 bits per heavy atom. The molecule has 3 heteroatoms. The number of benzene rings is 1. The molecule has 1 saturated heterocycles. The van der Waals surface area contributed by atoms with Crippen LogP contribution in [-0.4, -0.2) is 17.9 Å². The Balaban J connectivity index is 1.97.